The third-order valence-corrected chi connectivity index (χ3v) is 5.50. The first kappa shape index (κ1) is 18.5. The Morgan fingerprint density at radius 2 is 2.03 bits per heavy atom. The number of rotatable bonds is 5. The van der Waals surface area contributed by atoms with Crippen molar-refractivity contribution in [3.05, 3.63) is 59.8 Å². The largest absolute Gasteiger partial charge is 0.361 e. The number of H-pyrrole nitrogens is 1. The van der Waals surface area contributed by atoms with Crippen molar-refractivity contribution in [2.75, 3.05) is 23.3 Å². The van der Waals surface area contributed by atoms with Crippen LogP contribution >= 0.6 is 0 Å². The van der Waals surface area contributed by atoms with E-state index in [2.05, 4.69) is 48.8 Å². The smallest absolute Gasteiger partial charge is 0.192 e. The number of nitrogens with two attached hydrogens (primary N) is 1. The van der Waals surface area contributed by atoms with Gasteiger partial charge in [-0.1, -0.05) is 30.3 Å². The zero-order chi connectivity index (χ0) is 20.5. The average Bonchev–Trinajstić information content (AvgIpc) is 3.38. The van der Waals surface area contributed by atoms with E-state index >= 15 is 0 Å². The molecule has 1 unspecified atom stereocenters. The molecule has 0 bridgehead atoms. The van der Waals surface area contributed by atoms with E-state index in [1.54, 1.807) is 0 Å². The third-order valence-electron chi connectivity index (χ3n) is 5.50. The second-order valence-electron chi connectivity index (χ2n) is 7.72. The lowest BCUT2D eigenvalue weighted by Gasteiger charge is -2.20. The number of hydrogen-bond donors (Lipinski definition) is 3. The molecular formula is C22H24N8. The number of anilines is 2. The van der Waals surface area contributed by atoms with Gasteiger partial charge in [-0.3, -0.25) is 5.10 Å². The maximum absolute atomic E-state index is 6.16. The Morgan fingerprint density at radius 3 is 2.83 bits per heavy atom. The van der Waals surface area contributed by atoms with Gasteiger partial charge in [0, 0.05) is 42.3 Å². The second kappa shape index (κ2) is 7.72. The van der Waals surface area contributed by atoms with Crippen LogP contribution in [0.1, 0.15) is 17.7 Å². The van der Waals surface area contributed by atoms with Crippen molar-refractivity contribution in [2.24, 2.45) is 5.73 Å². The fraction of sp³-hybridized carbons (Fsp3) is 0.273. The van der Waals surface area contributed by atoms with Crippen molar-refractivity contribution in [2.45, 2.75) is 25.9 Å². The molecule has 8 heteroatoms. The van der Waals surface area contributed by atoms with Gasteiger partial charge in [-0.15, -0.1) is 10.2 Å². The quantitative estimate of drug-likeness (QED) is 0.473. The van der Waals surface area contributed by atoms with Crippen LogP contribution in [0, 0.1) is 6.92 Å². The predicted molar refractivity (Wildman–Crippen MR) is 118 cm³/mol. The lowest BCUT2D eigenvalue weighted by Crippen LogP contribution is -2.28. The van der Waals surface area contributed by atoms with Crippen LogP contribution in [-0.2, 0) is 6.54 Å². The number of fused-ring (bicyclic) bond motifs is 1. The number of hydrogen-bond acceptors (Lipinski definition) is 7. The first-order chi connectivity index (χ1) is 14.7. The molecule has 1 atom stereocenters. The van der Waals surface area contributed by atoms with Crippen LogP contribution in [-0.4, -0.2) is 44.5 Å². The molecule has 0 radical (unpaired) electrons. The highest BCUT2D eigenvalue weighted by molar-refractivity contribution is 5.85. The second-order valence-corrected chi connectivity index (χ2v) is 7.72. The fourth-order valence-electron chi connectivity index (χ4n) is 3.81. The summed E-state index contributed by atoms with van der Waals surface area (Å²) in [5.41, 5.74) is 10.2. The highest BCUT2D eigenvalue weighted by Gasteiger charge is 2.24. The summed E-state index contributed by atoms with van der Waals surface area (Å²) >= 11 is 0. The molecule has 4 N–H and O–H groups in total. The van der Waals surface area contributed by atoms with Gasteiger partial charge in [-0.25, -0.2) is 4.98 Å². The van der Waals surface area contributed by atoms with E-state index in [4.69, 9.17) is 10.7 Å². The van der Waals surface area contributed by atoms with Crippen molar-refractivity contribution in [3.63, 3.8) is 0 Å². The Morgan fingerprint density at radius 1 is 1.17 bits per heavy atom. The summed E-state index contributed by atoms with van der Waals surface area (Å²) in [4.78, 5) is 7.09. The van der Waals surface area contributed by atoms with Gasteiger partial charge in [0.15, 0.2) is 17.5 Å². The van der Waals surface area contributed by atoms with Gasteiger partial charge >= 0.3 is 0 Å². The van der Waals surface area contributed by atoms with Crippen molar-refractivity contribution in [1.82, 2.24) is 25.4 Å². The molecule has 0 spiro atoms. The molecule has 0 amide bonds. The van der Waals surface area contributed by atoms with E-state index in [0.717, 1.165) is 47.5 Å². The van der Waals surface area contributed by atoms with Crippen molar-refractivity contribution in [3.8, 4) is 11.4 Å². The summed E-state index contributed by atoms with van der Waals surface area (Å²) in [5, 5.41) is 20.7. The predicted octanol–water partition coefficient (Wildman–Crippen LogP) is 2.87. The molecule has 0 aliphatic carbocycles. The average molecular weight is 400 g/mol. The molecule has 4 aromatic rings. The van der Waals surface area contributed by atoms with Gasteiger partial charge in [0.1, 0.15) is 0 Å². The Hall–Kier alpha value is -3.52. The fourth-order valence-corrected chi connectivity index (χ4v) is 3.81. The van der Waals surface area contributed by atoms with E-state index in [1.165, 1.54) is 5.56 Å². The SMILES string of the molecule is Cc1[nH]nc2ccc(-c3nnc(NCc4ccccc4)c(N4CCC(N)C4)n3)cc12. The van der Waals surface area contributed by atoms with Crippen molar-refractivity contribution < 1.29 is 0 Å². The summed E-state index contributed by atoms with van der Waals surface area (Å²) in [5.74, 6) is 2.07. The molecule has 30 heavy (non-hydrogen) atoms. The number of nitrogens with zero attached hydrogens (tertiary/aromatic N) is 5. The maximum Gasteiger partial charge on any atom is 0.192 e. The lowest BCUT2D eigenvalue weighted by atomic mass is 10.1. The number of aromatic amines is 1. The summed E-state index contributed by atoms with van der Waals surface area (Å²) in [7, 11) is 0. The number of nitrogens with one attached hydrogen (secondary N) is 2. The molecule has 1 fully saturated rings. The van der Waals surface area contributed by atoms with Crippen LogP contribution < -0.4 is 16.0 Å². The standard InChI is InChI=1S/C22H24N8/c1-14-18-11-16(7-8-19(18)27-26-14)20-25-22(30-10-9-17(23)13-30)21(29-28-20)24-12-15-5-3-2-4-6-15/h2-8,11,17H,9-10,12-13,23H2,1H3,(H,24,29)(H,26,27). The van der Waals surface area contributed by atoms with Gasteiger partial charge in [0.2, 0.25) is 0 Å². The lowest BCUT2D eigenvalue weighted by molar-refractivity contribution is 0.751. The Labute approximate surface area is 174 Å². The van der Waals surface area contributed by atoms with E-state index in [9.17, 15) is 0 Å². The molecule has 5 rings (SSSR count). The zero-order valence-corrected chi connectivity index (χ0v) is 16.8. The minimum atomic E-state index is 0.148. The molecule has 1 aliphatic heterocycles. The summed E-state index contributed by atoms with van der Waals surface area (Å²) in [6.07, 6.45) is 0.942. The molecule has 0 saturated carbocycles. The highest BCUT2D eigenvalue weighted by Crippen LogP contribution is 2.29. The van der Waals surface area contributed by atoms with Gasteiger partial charge in [0.05, 0.1) is 5.52 Å². The molecule has 1 aliphatic rings. The first-order valence-corrected chi connectivity index (χ1v) is 10.2. The molecular weight excluding hydrogens is 376 g/mol. The topological polar surface area (TPSA) is 109 Å². The maximum atomic E-state index is 6.16. The third kappa shape index (κ3) is 3.57. The van der Waals surface area contributed by atoms with Crippen LogP contribution in [0.25, 0.3) is 22.3 Å². The number of benzene rings is 2. The van der Waals surface area contributed by atoms with E-state index < -0.39 is 0 Å². The number of aryl methyl sites for hydroxylation is 1. The molecule has 8 nitrogen and oxygen atoms in total. The van der Waals surface area contributed by atoms with Gasteiger partial charge in [0.25, 0.3) is 0 Å². The van der Waals surface area contributed by atoms with E-state index in [0.29, 0.717) is 18.2 Å². The molecule has 2 aromatic carbocycles. The summed E-state index contributed by atoms with van der Waals surface area (Å²) in [6, 6.07) is 16.4. The monoisotopic (exact) mass is 400 g/mol. The van der Waals surface area contributed by atoms with Crippen LogP contribution in [0.15, 0.2) is 48.5 Å². The zero-order valence-electron chi connectivity index (χ0n) is 16.8. The van der Waals surface area contributed by atoms with Crippen molar-refractivity contribution in [1.29, 1.82) is 0 Å². The Kier molecular flexibility index (Phi) is 4.76. The van der Waals surface area contributed by atoms with Gasteiger partial charge in [-0.2, -0.15) is 5.10 Å². The first-order valence-electron chi connectivity index (χ1n) is 10.2. The van der Waals surface area contributed by atoms with Crippen LogP contribution in [0.3, 0.4) is 0 Å². The molecule has 2 aromatic heterocycles. The Bertz CT molecular complexity index is 1170. The summed E-state index contributed by atoms with van der Waals surface area (Å²) < 4.78 is 0. The summed E-state index contributed by atoms with van der Waals surface area (Å²) in [6.45, 7) is 4.28. The molecule has 152 valence electrons. The van der Waals surface area contributed by atoms with Crippen LogP contribution in [0.5, 0.6) is 0 Å². The molecule has 3 heterocycles. The molecule has 1 saturated heterocycles. The van der Waals surface area contributed by atoms with Crippen molar-refractivity contribution >= 4 is 22.5 Å². The van der Waals surface area contributed by atoms with Gasteiger partial charge < -0.3 is 16.0 Å². The highest BCUT2D eigenvalue weighted by atomic mass is 15.3. The van der Waals surface area contributed by atoms with E-state index in [1.807, 2.05) is 37.3 Å². The van der Waals surface area contributed by atoms with Gasteiger partial charge in [-0.05, 0) is 37.1 Å². The Balaban J connectivity index is 1.50. The van der Waals surface area contributed by atoms with Crippen LogP contribution in [0.4, 0.5) is 11.6 Å². The minimum absolute atomic E-state index is 0.148. The normalized spacial score (nSPS) is 16.3. The number of aromatic nitrogens is 5. The van der Waals surface area contributed by atoms with E-state index in [-0.39, 0.29) is 6.04 Å². The van der Waals surface area contributed by atoms with Crippen LogP contribution in [0.2, 0.25) is 0 Å². The minimum Gasteiger partial charge on any atom is -0.361 e.